The van der Waals surface area contributed by atoms with Crippen LogP contribution in [0.1, 0.15) is 25.0 Å². The van der Waals surface area contributed by atoms with Gasteiger partial charge in [-0.25, -0.2) is 4.98 Å². The molecule has 1 aromatic carbocycles. The Balaban J connectivity index is 1.20. The third-order valence-corrected chi connectivity index (χ3v) is 9.11. The molecule has 3 aliphatic heterocycles. The highest BCUT2D eigenvalue weighted by Gasteiger charge is 2.33. The number of anilines is 1. The Morgan fingerprint density at radius 3 is 2.67 bits per heavy atom. The SMILES string of the molecule is O=C1CCN1C1CCN(Cc2cc3sc(-c4cccc5[nH]ccc45)cc3c(N3CCOCC3)n2)CC1. The average molecular weight is 502 g/mol. The molecule has 0 radical (unpaired) electrons. The molecule has 3 aliphatic rings. The number of amides is 1. The molecule has 3 aromatic heterocycles. The predicted octanol–water partition coefficient (Wildman–Crippen LogP) is 4.48. The summed E-state index contributed by atoms with van der Waals surface area (Å²) in [5.74, 6) is 1.43. The van der Waals surface area contributed by atoms with Gasteiger partial charge in [-0.05, 0) is 37.1 Å². The van der Waals surface area contributed by atoms with Crippen LogP contribution >= 0.6 is 11.3 Å². The first kappa shape index (κ1) is 22.3. The summed E-state index contributed by atoms with van der Waals surface area (Å²) in [7, 11) is 0. The summed E-state index contributed by atoms with van der Waals surface area (Å²) < 4.78 is 6.94. The second-order valence-corrected chi connectivity index (χ2v) is 11.2. The van der Waals surface area contributed by atoms with Crippen LogP contribution in [0.5, 0.6) is 0 Å². The molecule has 6 heterocycles. The first-order chi connectivity index (χ1) is 17.7. The molecule has 1 amide bonds. The summed E-state index contributed by atoms with van der Waals surface area (Å²) in [6, 6.07) is 13.7. The molecule has 0 saturated carbocycles. The van der Waals surface area contributed by atoms with E-state index in [1.54, 1.807) is 0 Å². The first-order valence-electron chi connectivity index (χ1n) is 13.1. The molecule has 0 aliphatic carbocycles. The Labute approximate surface area is 214 Å². The van der Waals surface area contributed by atoms with Gasteiger partial charge in [0.1, 0.15) is 5.82 Å². The van der Waals surface area contributed by atoms with Crippen molar-refractivity contribution in [2.45, 2.75) is 31.8 Å². The van der Waals surface area contributed by atoms with Crippen molar-refractivity contribution in [3.05, 3.63) is 48.3 Å². The first-order valence-corrected chi connectivity index (χ1v) is 13.9. The number of rotatable bonds is 5. The van der Waals surface area contributed by atoms with Gasteiger partial charge in [0.15, 0.2) is 0 Å². The highest BCUT2D eigenvalue weighted by molar-refractivity contribution is 7.22. The Hall–Kier alpha value is -2.94. The number of benzene rings is 1. The van der Waals surface area contributed by atoms with Crippen molar-refractivity contribution in [2.75, 3.05) is 50.8 Å². The van der Waals surface area contributed by atoms with Gasteiger partial charge in [-0.1, -0.05) is 12.1 Å². The highest BCUT2D eigenvalue weighted by Crippen LogP contribution is 2.40. The van der Waals surface area contributed by atoms with E-state index in [2.05, 4.69) is 56.1 Å². The van der Waals surface area contributed by atoms with Gasteiger partial charge in [0, 0.05) is 89.4 Å². The van der Waals surface area contributed by atoms with Gasteiger partial charge in [-0.3, -0.25) is 9.69 Å². The van der Waals surface area contributed by atoms with E-state index in [1.165, 1.54) is 31.4 Å². The lowest BCUT2D eigenvalue weighted by Gasteiger charge is -2.42. The minimum Gasteiger partial charge on any atom is -0.378 e. The fourth-order valence-corrected chi connectivity index (χ4v) is 7.09. The number of aromatic nitrogens is 2. The van der Waals surface area contributed by atoms with E-state index in [0.29, 0.717) is 11.9 Å². The number of β-lactam (4-membered cyclic amide) rings is 1. The van der Waals surface area contributed by atoms with E-state index >= 15 is 0 Å². The number of fused-ring (bicyclic) bond motifs is 2. The number of morpholine rings is 1. The molecule has 7 rings (SSSR count). The maximum atomic E-state index is 11.9. The number of nitrogens with one attached hydrogen (secondary N) is 1. The number of likely N-dealkylation sites (tertiary alicyclic amines) is 2. The fourth-order valence-electron chi connectivity index (χ4n) is 5.93. The van der Waals surface area contributed by atoms with Crippen molar-refractivity contribution in [3.8, 4) is 10.4 Å². The number of ether oxygens (including phenoxy) is 1. The molecule has 36 heavy (non-hydrogen) atoms. The summed E-state index contributed by atoms with van der Waals surface area (Å²) in [5, 5.41) is 2.50. The second-order valence-electron chi connectivity index (χ2n) is 10.1. The number of carbonyl (C=O) groups excluding carboxylic acids is 1. The van der Waals surface area contributed by atoms with Gasteiger partial charge in [0.25, 0.3) is 0 Å². The molecule has 3 saturated heterocycles. The number of hydrogen-bond acceptors (Lipinski definition) is 6. The monoisotopic (exact) mass is 501 g/mol. The van der Waals surface area contributed by atoms with Crippen molar-refractivity contribution in [3.63, 3.8) is 0 Å². The summed E-state index contributed by atoms with van der Waals surface area (Å²) in [4.78, 5) is 28.7. The molecule has 8 heteroatoms. The number of pyridine rings is 1. The molecule has 1 N–H and O–H groups in total. The van der Waals surface area contributed by atoms with Crippen LogP contribution < -0.4 is 4.90 Å². The number of nitrogens with zero attached hydrogens (tertiary/aromatic N) is 4. The van der Waals surface area contributed by atoms with Gasteiger partial charge in [-0.2, -0.15) is 0 Å². The number of piperidine rings is 1. The molecule has 0 unspecified atom stereocenters. The van der Waals surface area contributed by atoms with Crippen LogP contribution in [-0.2, 0) is 16.1 Å². The number of hydrogen-bond donors (Lipinski definition) is 1. The van der Waals surface area contributed by atoms with Gasteiger partial charge in [-0.15, -0.1) is 11.3 Å². The predicted molar refractivity (Wildman–Crippen MR) is 145 cm³/mol. The summed E-state index contributed by atoms with van der Waals surface area (Å²) >= 11 is 1.86. The molecule has 0 bridgehead atoms. The molecule has 186 valence electrons. The Morgan fingerprint density at radius 2 is 1.89 bits per heavy atom. The molecule has 0 spiro atoms. The second kappa shape index (κ2) is 9.18. The average Bonchev–Trinajstić information content (AvgIpc) is 3.56. The van der Waals surface area contributed by atoms with Gasteiger partial charge in [0.05, 0.1) is 18.9 Å². The lowest BCUT2D eigenvalue weighted by Crippen LogP contribution is -2.53. The minimum atomic E-state index is 0.333. The normalized spacial score (nSPS) is 19.9. The van der Waals surface area contributed by atoms with Crippen LogP contribution in [0.2, 0.25) is 0 Å². The minimum absolute atomic E-state index is 0.333. The van der Waals surface area contributed by atoms with Crippen LogP contribution in [0.25, 0.3) is 31.4 Å². The van der Waals surface area contributed by atoms with Crippen molar-refractivity contribution in [1.29, 1.82) is 0 Å². The summed E-state index contributed by atoms with van der Waals surface area (Å²) in [6.45, 7) is 7.08. The fraction of sp³-hybridized carbons (Fsp3) is 0.429. The third-order valence-electron chi connectivity index (χ3n) is 7.99. The van der Waals surface area contributed by atoms with Crippen molar-refractivity contribution >= 4 is 44.1 Å². The third kappa shape index (κ3) is 3.97. The van der Waals surface area contributed by atoms with Crippen molar-refractivity contribution in [1.82, 2.24) is 19.8 Å². The smallest absolute Gasteiger partial charge is 0.224 e. The van der Waals surface area contributed by atoms with Crippen LogP contribution in [0.4, 0.5) is 5.82 Å². The van der Waals surface area contributed by atoms with Crippen LogP contribution in [-0.4, -0.2) is 77.7 Å². The zero-order chi connectivity index (χ0) is 24.1. The Kier molecular flexibility index (Phi) is 5.68. The Bertz CT molecular complexity index is 1410. The van der Waals surface area contributed by atoms with Crippen molar-refractivity contribution < 1.29 is 9.53 Å². The van der Waals surface area contributed by atoms with Crippen LogP contribution in [0.15, 0.2) is 42.6 Å². The van der Waals surface area contributed by atoms with E-state index in [9.17, 15) is 4.79 Å². The van der Waals surface area contributed by atoms with Gasteiger partial charge >= 0.3 is 0 Å². The standard InChI is InChI=1S/C28H31N5O2S/c34-27-7-11-33(27)20-5-9-31(10-6-20)18-19-16-25-23(28(30-19)32-12-14-35-15-13-32)17-26(36-25)22-2-1-3-24-21(22)4-8-29-24/h1-4,8,16-17,20,29H,5-7,9-15,18H2. The number of H-pyrrole nitrogens is 1. The molecule has 3 fully saturated rings. The highest BCUT2D eigenvalue weighted by atomic mass is 32.1. The summed E-state index contributed by atoms with van der Waals surface area (Å²) in [6.07, 6.45) is 4.87. The van der Waals surface area contributed by atoms with Gasteiger partial charge in [0.2, 0.25) is 5.91 Å². The molecule has 0 atom stereocenters. The zero-order valence-electron chi connectivity index (χ0n) is 20.4. The number of aromatic amines is 1. The van der Waals surface area contributed by atoms with E-state index in [1.807, 2.05) is 17.5 Å². The Morgan fingerprint density at radius 1 is 1.03 bits per heavy atom. The summed E-state index contributed by atoms with van der Waals surface area (Å²) in [5.41, 5.74) is 3.57. The molecular weight excluding hydrogens is 470 g/mol. The molecule has 7 nitrogen and oxygen atoms in total. The van der Waals surface area contributed by atoms with E-state index < -0.39 is 0 Å². The quantitative estimate of drug-likeness (QED) is 0.409. The van der Waals surface area contributed by atoms with E-state index in [4.69, 9.17) is 9.72 Å². The lowest BCUT2D eigenvalue weighted by molar-refractivity contribution is -0.144. The maximum absolute atomic E-state index is 11.9. The number of carbonyl (C=O) groups is 1. The largest absolute Gasteiger partial charge is 0.378 e. The van der Waals surface area contributed by atoms with Crippen LogP contribution in [0, 0.1) is 0 Å². The van der Waals surface area contributed by atoms with E-state index in [0.717, 1.165) is 83.3 Å². The maximum Gasteiger partial charge on any atom is 0.224 e. The van der Waals surface area contributed by atoms with Crippen LogP contribution in [0.3, 0.4) is 0 Å². The topological polar surface area (TPSA) is 64.7 Å². The van der Waals surface area contributed by atoms with Crippen molar-refractivity contribution in [2.24, 2.45) is 0 Å². The zero-order valence-corrected chi connectivity index (χ0v) is 21.2. The molecular formula is C28H31N5O2S. The van der Waals surface area contributed by atoms with Gasteiger partial charge < -0.3 is 19.5 Å². The van der Waals surface area contributed by atoms with E-state index in [-0.39, 0.29) is 0 Å². The molecule has 4 aromatic rings. The lowest BCUT2D eigenvalue weighted by atomic mass is 9.99. The number of thiophene rings is 1.